The third-order valence-corrected chi connectivity index (χ3v) is 3.42. The van der Waals surface area contributed by atoms with Crippen molar-refractivity contribution < 1.29 is 13.2 Å². The molecular weight excluding hydrogens is 214 g/mol. The van der Waals surface area contributed by atoms with E-state index in [4.69, 9.17) is 4.74 Å². The smallest absolute Gasteiger partial charge is 0.179 e. The Morgan fingerprint density at radius 3 is 2.53 bits per heavy atom. The van der Waals surface area contributed by atoms with Gasteiger partial charge in [-0.15, -0.1) is 0 Å². The molecule has 1 aliphatic heterocycles. The average molecular weight is 227 g/mol. The van der Waals surface area contributed by atoms with Gasteiger partial charge in [0.1, 0.15) is 16.7 Å². The van der Waals surface area contributed by atoms with Crippen LogP contribution in [0.1, 0.15) is 0 Å². The lowest BCUT2D eigenvalue weighted by Crippen LogP contribution is -2.50. The van der Waals surface area contributed by atoms with Gasteiger partial charge in [-0.3, -0.25) is 0 Å². The predicted molar refractivity (Wildman–Crippen MR) is 56.8 cm³/mol. The molecule has 0 aliphatic carbocycles. The van der Waals surface area contributed by atoms with E-state index in [1.165, 1.54) is 6.26 Å². The monoisotopic (exact) mass is 227 g/mol. The summed E-state index contributed by atoms with van der Waals surface area (Å²) in [6, 6.07) is 6.73. The summed E-state index contributed by atoms with van der Waals surface area (Å²) < 4.78 is 28.5. The minimum absolute atomic E-state index is 0.0906. The molecule has 15 heavy (non-hydrogen) atoms. The number of para-hydroxylation sites is 1. The summed E-state index contributed by atoms with van der Waals surface area (Å²) in [6.07, 6.45) is 1.28. The lowest BCUT2D eigenvalue weighted by Gasteiger charge is -2.28. The summed E-state index contributed by atoms with van der Waals surface area (Å²) in [5.74, 6) is 0.450. The highest BCUT2D eigenvalue weighted by Crippen LogP contribution is 2.24. The zero-order valence-corrected chi connectivity index (χ0v) is 9.25. The van der Waals surface area contributed by atoms with Gasteiger partial charge in [0.25, 0.3) is 0 Å². The maximum absolute atomic E-state index is 11.4. The van der Waals surface area contributed by atoms with Crippen LogP contribution in [0.15, 0.2) is 29.2 Å². The number of benzene rings is 1. The number of hydrogen-bond acceptors (Lipinski definition) is 4. The Kier molecular flexibility index (Phi) is 2.67. The molecule has 1 saturated heterocycles. The largest absolute Gasteiger partial charge is 0.486 e. The van der Waals surface area contributed by atoms with Crippen LogP contribution in [0.4, 0.5) is 0 Å². The minimum Gasteiger partial charge on any atom is -0.486 e. The highest BCUT2D eigenvalue weighted by Gasteiger charge is 2.21. The second-order valence-corrected chi connectivity index (χ2v) is 5.60. The van der Waals surface area contributed by atoms with Gasteiger partial charge in [0.05, 0.1) is 0 Å². The number of rotatable bonds is 3. The van der Waals surface area contributed by atoms with E-state index < -0.39 is 9.84 Å². The maximum Gasteiger partial charge on any atom is 0.179 e. The van der Waals surface area contributed by atoms with Gasteiger partial charge in [-0.25, -0.2) is 8.42 Å². The Balaban J connectivity index is 2.29. The molecule has 0 aromatic heterocycles. The van der Waals surface area contributed by atoms with Crippen molar-refractivity contribution in [2.45, 2.75) is 11.0 Å². The summed E-state index contributed by atoms with van der Waals surface area (Å²) in [7, 11) is -3.21. The minimum atomic E-state index is -3.21. The van der Waals surface area contributed by atoms with Gasteiger partial charge >= 0.3 is 0 Å². The van der Waals surface area contributed by atoms with Crippen molar-refractivity contribution >= 4 is 9.84 Å². The highest BCUT2D eigenvalue weighted by molar-refractivity contribution is 7.90. The Morgan fingerprint density at radius 1 is 1.33 bits per heavy atom. The van der Waals surface area contributed by atoms with E-state index in [0.29, 0.717) is 5.75 Å². The molecule has 1 aliphatic rings. The van der Waals surface area contributed by atoms with E-state index in [1.54, 1.807) is 24.3 Å². The van der Waals surface area contributed by atoms with Crippen LogP contribution < -0.4 is 10.1 Å². The highest BCUT2D eigenvalue weighted by atomic mass is 32.2. The van der Waals surface area contributed by atoms with Crippen molar-refractivity contribution in [3.05, 3.63) is 24.3 Å². The van der Waals surface area contributed by atoms with E-state index in [0.717, 1.165) is 13.1 Å². The Hall–Kier alpha value is -1.07. The molecule has 0 radical (unpaired) electrons. The van der Waals surface area contributed by atoms with Crippen molar-refractivity contribution in [3.8, 4) is 5.75 Å². The summed E-state index contributed by atoms with van der Waals surface area (Å²) >= 11 is 0. The maximum atomic E-state index is 11.4. The molecule has 4 nitrogen and oxygen atoms in total. The fourth-order valence-corrected chi connectivity index (χ4v) is 2.19. The zero-order chi connectivity index (χ0) is 10.9. The van der Waals surface area contributed by atoms with Gasteiger partial charge in [0, 0.05) is 19.3 Å². The Bertz CT molecular complexity index is 451. The molecule has 0 spiro atoms. The lowest BCUT2D eigenvalue weighted by atomic mass is 10.2. The quantitative estimate of drug-likeness (QED) is 0.814. The summed E-state index contributed by atoms with van der Waals surface area (Å²) in [5.41, 5.74) is 0. The Morgan fingerprint density at radius 2 is 2.00 bits per heavy atom. The average Bonchev–Trinajstić information content (AvgIpc) is 2.10. The first-order chi connectivity index (χ1) is 7.07. The number of hydrogen-bond donors (Lipinski definition) is 1. The fraction of sp³-hybridized carbons (Fsp3) is 0.400. The molecule has 0 amide bonds. The lowest BCUT2D eigenvalue weighted by molar-refractivity contribution is 0.138. The van der Waals surface area contributed by atoms with Gasteiger partial charge in [-0.2, -0.15) is 0 Å². The van der Waals surface area contributed by atoms with Crippen molar-refractivity contribution in [1.29, 1.82) is 0 Å². The van der Waals surface area contributed by atoms with Crippen LogP contribution >= 0.6 is 0 Å². The SMILES string of the molecule is CS(=O)(=O)c1ccccc1OC1CNC1. The molecular formula is C10H13NO3S. The van der Waals surface area contributed by atoms with Crippen LogP contribution in [-0.4, -0.2) is 33.9 Å². The molecule has 2 rings (SSSR count). The third kappa shape index (κ3) is 2.30. The summed E-state index contributed by atoms with van der Waals surface area (Å²) in [6.45, 7) is 1.55. The van der Waals surface area contributed by atoms with Crippen LogP contribution in [0.3, 0.4) is 0 Å². The molecule has 1 aromatic rings. The van der Waals surface area contributed by atoms with E-state index in [-0.39, 0.29) is 11.0 Å². The number of nitrogens with one attached hydrogen (secondary N) is 1. The molecule has 0 saturated carbocycles. The van der Waals surface area contributed by atoms with Crippen LogP contribution in [0.25, 0.3) is 0 Å². The van der Waals surface area contributed by atoms with Gasteiger partial charge in [0.2, 0.25) is 0 Å². The van der Waals surface area contributed by atoms with Gasteiger partial charge in [0.15, 0.2) is 9.84 Å². The predicted octanol–water partition coefficient (Wildman–Crippen LogP) is 0.441. The molecule has 1 fully saturated rings. The van der Waals surface area contributed by atoms with Crippen molar-refractivity contribution in [2.75, 3.05) is 19.3 Å². The third-order valence-electron chi connectivity index (χ3n) is 2.29. The molecule has 0 bridgehead atoms. The number of ether oxygens (including phenoxy) is 1. The van der Waals surface area contributed by atoms with Crippen molar-refractivity contribution in [3.63, 3.8) is 0 Å². The normalized spacial score (nSPS) is 17.1. The molecule has 1 aromatic carbocycles. The molecule has 1 heterocycles. The second kappa shape index (κ2) is 3.83. The molecule has 82 valence electrons. The first-order valence-electron chi connectivity index (χ1n) is 4.74. The van der Waals surface area contributed by atoms with E-state index >= 15 is 0 Å². The molecule has 5 heteroatoms. The van der Waals surface area contributed by atoms with Crippen LogP contribution in [0, 0.1) is 0 Å². The van der Waals surface area contributed by atoms with E-state index in [2.05, 4.69) is 5.32 Å². The van der Waals surface area contributed by atoms with Gasteiger partial charge < -0.3 is 10.1 Å². The van der Waals surface area contributed by atoms with Crippen molar-refractivity contribution in [1.82, 2.24) is 5.32 Å². The number of sulfone groups is 1. The van der Waals surface area contributed by atoms with Crippen LogP contribution in [0.2, 0.25) is 0 Å². The topological polar surface area (TPSA) is 55.4 Å². The first-order valence-corrected chi connectivity index (χ1v) is 6.63. The second-order valence-electron chi connectivity index (χ2n) is 3.62. The van der Waals surface area contributed by atoms with Gasteiger partial charge in [-0.1, -0.05) is 12.1 Å². The van der Waals surface area contributed by atoms with Crippen LogP contribution in [-0.2, 0) is 9.84 Å². The van der Waals surface area contributed by atoms with E-state index in [9.17, 15) is 8.42 Å². The van der Waals surface area contributed by atoms with Crippen LogP contribution in [0.5, 0.6) is 5.75 Å². The first kappa shape index (κ1) is 10.4. The zero-order valence-electron chi connectivity index (χ0n) is 8.43. The standard InChI is InChI=1S/C10H13NO3S/c1-15(12,13)10-5-3-2-4-9(10)14-8-6-11-7-8/h2-5,8,11H,6-7H2,1H3. The van der Waals surface area contributed by atoms with Crippen molar-refractivity contribution in [2.24, 2.45) is 0 Å². The van der Waals surface area contributed by atoms with Gasteiger partial charge in [-0.05, 0) is 12.1 Å². The summed E-state index contributed by atoms with van der Waals surface area (Å²) in [5, 5.41) is 3.07. The molecule has 0 unspecified atom stereocenters. The Labute approximate surface area is 89.2 Å². The fourth-order valence-electron chi connectivity index (χ4n) is 1.38. The molecule has 0 atom stereocenters. The molecule has 1 N–H and O–H groups in total. The summed E-state index contributed by atoms with van der Waals surface area (Å²) in [4.78, 5) is 0.261. The van der Waals surface area contributed by atoms with E-state index in [1.807, 2.05) is 0 Å².